The minimum absolute atomic E-state index is 0.0377. The third-order valence-corrected chi connectivity index (χ3v) is 5.31. The maximum absolute atomic E-state index is 4.69. The van der Waals surface area contributed by atoms with E-state index in [-0.39, 0.29) is 5.41 Å². The van der Waals surface area contributed by atoms with Gasteiger partial charge in [-0.05, 0) is 48.2 Å². The third-order valence-electron chi connectivity index (χ3n) is 5.31. The molecule has 3 aromatic rings. The maximum Gasteiger partial charge on any atom is 0.212 e. The quantitative estimate of drug-likeness (QED) is 0.604. The van der Waals surface area contributed by atoms with Gasteiger partial charge in [0.2, 0.25) is 5.69 Å². The van der Waals surface area contributed by atoms with E-state index in [1.54, 1.807) is 0 Å². The summed E-state index contributed by atoms with van der Waals surface area (Å²) in [5, 5.41) is 0. The Morgan fingerprint density at radius 1 is 0.958 bits per heavy atom. The minimum Gasteiger partial charge on any atom is -0.260 e. The van der Waals surface area contributed by atoms with Crippen molar-refractivity contribution in [2.24, 2.45) is 7.05 Å². The lowest BCUT2D eigenvalue weighted by Gasteiger charge is -2.21. The highest BCUT2D eigenvalue weighted by atomic mass is 14.9. The van der Waals surface area contributed by atoms with E-state index in [0.29, 0.717) is 0 Å². The molecular formula is C22H23N2+. The van der Waals surface area contributed by atoms with Crippen LogP contribution in [0.5, 0.6) is 0 Å². The molecule has 120 valence electrons. The summed E-state index contributed by atoms with van der Waals surface area (Å²) in [5.74, 6) is 0. The molecule has 0 spiro atoms. The fraction of sp³-hybridized carbons (Fsp3) is 0.273. The van der Waals surface area contributed by atoms with Crippen LogP contribution in [0.4, 0.5) is 0 Å². The van der Waals surface area contributed by atoms with Gasteiger partial charge < -0.3 is 0 Å². The molecule has 2 aromatic heterocycles. The average Bonchev–Trinajstić information content (AvgIpc) is 2.77. The van der Waals surface area contributed by atoms with Gasteiger partial charge in [0.25, 0.3) is 0 Å². The first-order valence-corrected chi connectivity index (χ1v) is 8.47. The lowest BCUT2D eigenvalue weighted by Crippen LogP contribution is -2.30. The maximum atomic E-state index is 4.69. The van der Waals surface area contributed by atoms with Crippen molar-refractivity contribution in [2.45, 2.75) is 33.1 Å². The molecule has 0 amide bonds. The van der Waals surface area contributed by atoms with Gasteiger partial charge >= 0.3 is 0 Å². The highest BCUT2D eigenvalue weighted by molar-refractivity contribution is 5.83. The van der Waals surface area contributed by atoms with Gasteiger partial charge in [0.05, 0.1) is 5.69 Å². The van der Waals surface area contributed by atoms with Crippen LogP contribution in [0.1, 0.15) is 36.2 Å². The first kappa shape index (κ1) is 15.1. The number of aryl methyl sites for hydroxylation is 3. The SMILES string of the molecule is Cc1cc[n+](C)c(-c2cc3c(cc2C)C(C)(C)c2ncccc2-3)c1. The molecule has 0 saturated carbocycles. The topological polar surface area (TPSA) is 16.8 Å². The molecule has 0 fully saturated rings. The molecule has 4 rings (SSSR count). The van der Waals surface area contributed by atoms with E-state index in [9.17, 15) is 0 Å². The number of fused-ring (bicyclic) bond motifs is 3. The van der Waals surface area contributed by atoms with Gasteiger partial charge in [0.1, 0.15) is 7.05 Å². The van der Waals surface area contributed by atoms with Crippen molar-refractivity contribution in [3.05, 3.63) is 71.2 Å². The molecule has 0 N–H and O–H groups in total. The highest BCUT2D eigenvalue weighted by Crippen LogP contribution is 2.49. The molecule has 2 heterocycles. The van der Waals surface area contributed by atoms with Gasteiger partial charge in [-0.15, -0.1) is 0 Å². The molecule has 1 aliphatic rings. The number of rotatable bonds is 1. The van der Waals surface area contributed by atoms with Crippen molar-refractivity contribution < 1.29 is 4.57 Å². The van der Waals surface area contributed by atoms with E-state index in [0.717, 1.165) is 0 Å². The van der Waals surface area contributed by atoms with Crippen molar-refractivity contribution >= 4 is 0 Å². The summed E-state index contributed by atoms with van der Waals surface area (Å²) in [5.41, 5.74) is 10.3. The number of aromatic nitrogens is 2. The second-order valence-electron chi connectivity index (χ2n) is 7.44. The number of hydrogen-bond donors (Lipinski definition) is 0. The summed E-state index contributed by atoms with van der Waals surface area (Å²) >= 11 is 0. The Labute approximate surface area is 143 Å². The second-order valence-corrected chi connectivity index (χ2v) is 7.44. The van der Waals surface area contributed by atoms with Crippen LogP contribution >= 0.6 is 0 Å². The third kappa shape index (κ3) is 2.02. The van der Waals surface area contributed by atoms with Gasteiger partial charge in [-0.2, -0.15) is 0 Å². The first-order valence-electron chi connectivity index (χ1n) is 8.47. The molecule has 0 saturated heterocycles. The van der Waals surface area contributed by atoms with Gasteiger partial charge in [-0.1, -0.05) is 26.0 Å². The Morgan fingerprint density at radius 3 is 2.54 bits per heavy atom. The molecule has 1 aliphatic carbocycles. The second kappa shape index (κ2) is 5.01. The molecule has 0 unspecified atom stereocenters. The predicted molar refractivity (Wildman–Crippen MR) is 97.9 cm³/mol. The van der Waals surface area contributed by atoms with Crippen LogP contribution < -0.4 is 4.57 Å². The normalized spacial score (nSPS) is 14.4. The fourth-order valence-electron chi connectivity index (χ4n) is 3.92. The number of pyridine rings is 2. The van der Waals surface area contributed by atoms with Crippen LogP contribution in [0, 0.1) is 13.8 Å². The molecule has 0 bridgehead atoms. The zero-order chi connectivity index (χ0) is 17.1. The zero-order valence-corrected chi connectivity index (χ0v) is 15.0. The molecule has 24 heavy (non-hydrogen) atoms. The molecule has 0 atom stereocenters. The Bertz CT molecular complexity index is 968. The number of benzene rings is 1. The van der Waals surface area contributed by atoms with Gasteiger partial charge in [-0.25, -0.2) is 4.57 Å². The van der Waals surface area contributed by atoms with Crippen LogP contribution in [0.2, 0.25) is 0 Å². The summed E-state index contributed by atoms with van der Waals surface area (Å²) in [6.45, 7) is 8.91. The molecule has 2 nitrogen and oxygen atoms in total. The molecule has 0 aliphatic heterocycles. The molecule has 0 radical (unpaired) electrons. The van der Waals surface area contributed by atoms with Crippen molar-refractivity contribution in [3.8, 4) is 22.4 Å². The van der Waals surface area contributed by atoms with E-state index in [1.165, 1.54) is 44.8 Å². The summed E-state index contributed by atoms with van der Waals surface area (Å²) in [4.78, 5) is 4.69. The minimum atomic E-state index is -0.0377. The molecule has 1 aromatic carbocycles. The number of hydrogen-bond acceptors (Lipinski definition) is 1. The molecule has 2 heteroatoms. The van der Waals surface area contributed by atoms with E-state index < -0.39 is 0 Å². The Balaban J connectivity index is 2.02. The Hall–Kier alpha value is -2.48. The van der Waals surface area contributed by atoms with Crippen molar-refractivity contribution in [3.63, 3.8) is 0 Å². The van der Waals surface area contributed by atoms with E-state index in [2.05, 4.69) is 80.8 Å². The monoisotopic (exact) mass is 315 g/mol. The Kier molecular flexibility index (Phi) is 3.14. The first-order chi connectivity index (χ1) is 11.4. The Morgan fingerprint density at radius 2 is 1.75 bits per heavy atom. The summed E-state index contributed by atoms with van der Waals surface area (Å²) in [6, 6.07) is 13.4. The smallest absolute Gasteiger partial charge is 0.212 e. The summed E-state index contributed by atoms with van der Waals surface area (Å²) in [7, 11) is 2.11. The van der Waals surface area contributed by atoms with Crippen LogP contribution in [-0.4, -0.2) is 4.98 Å². The van der Waals surface area contributed by atoms with Gasteiger partial charge in [0, 0.05) is 34.9 Å². The summed E-state index contributed by atoms with van der Waals surface area (Å²) in [6.07, 6.45) is 4.04. The van der Waals surface area contributed by atoms with Crippen molar-refractivity contribution in [2.75, 3.05) is 0 Å². The van der Waals surface area contributed by atoms with Crippen LogP contribution in [0.3, 0.4) is 0 Å². The summed E-state index contributed by atoms with van der Waals surface area (Å²) < 4.78 is 2.20. The van der Waals surface area contributed by atoms with Crippen LogP contribution in [0.25, 0.3) is 22.4 Å². The fourth-order valence-corrected chi connectivity index (χ4v) is 3.92. The lowest BCUT2D eigenvalue weighted by atomic mass is 9.83. The van der Waals surface area contributed by atoms with E-state index in [1.807, 2.05) is 12.3 Å². The van der Waals surface area contributed by atoms with Crippen LogP contribution in [-0.2, 0) is 12.5 Å². The van der Waals surface area contributed by atoms with Gasteiger partial charge in [-0.3, -0.25) is 4.98 Å². The lowest BCUT2D eigenvalue weighted by molar-refractivity contribution is -0.660. The van der Waals surface area contributed by atoms with Crippen LogP contribution in [0.15, 0.2) is 48.8 Å². The van der Waals surface area contributed by atoms with Crippen molar-refractivity contribution in [1.82, 2.24) is 4.98 Å². The van der Waals surface area contributed by atoms with E-state index in [4.69, 9.17) is 0 Å². The van der Waals surface area contributed by atoms with Gasteiger partial charge in [0.15, 0.2) is 6.20 Å². The number of nitrogens with zero attached hydrogens (tertiary/aromatic N) is 2. The zero-order valence-electron chi connectivity index (χ0n) is 15.0. The average molecular weight is 315 g/mol. The molecular weight excluding hydrogens is 292 g/mol. The highest BCUT2D eigenvalue weighted by Gasteiger charge is 2.37. The standard InChI is InChI=1S/C22H23N2/c1-14-8-10-24(5)20(11-14)17-13-18-16-7-6-9-23-21(16)22(3,4)19(18)12-15(17)2/h6-13H,1-5H3/q+1. The largest absolute Gasteiger partial charge is 0.260 e. The predicted octanol–water partition coefficient (Wildman–Crippen LogP) is 4.50. The van der Waals surface area contributed by atoms with Crippen molar-refractivity contribution in [1.29, 1.82) is 0 Å². The van der Waals surface area contributed by atoms with E-state index >= 15 is 0 Å².